The third kappa shape index (κ3) is 3.07. The van der Waals surface area contributed by atoms with Crippen molar-refractivity contribution < 1.29 is 13.6 Å². The Kier molecular flexibility index (Phi) is 3.94. The van der Waals surface area contributed by atoms with E-state index in [4.69, 9.17) is 0 Å². The Bertz CT molecular complexity index is 563. The van der Waals surface area contributed by atoms with Crippen molar-refractivity contribution in [2.45, 2.75) is 6.43 Å². The molecule has 18 heavy (non-hydrogen) atoms. The van der Waals surface area contributed by atoms with E-state index in [0.717, 1.165) is 16.9 Å². The number of hydrogen-bond acceptors (Lipinski definition) is 3. The number of thiazole rings is 1. The van der Waals surface area contributed by atoms with Gasteiger partial charge in [-0.05, 0) is 11.6 Å². The van der Waals surface area contributed by atoms with E-state index < -0.39 is 12.2 Å². The number of ketones is 1. The average Bonchev–Trinajstić information content (AvgIpc) is 2.85. The Balaban J connectivity index is 2.12. The third-order valence-corrected chi connectivity index (χ3v) is 3.15. The van der Waals surface area contributed by atoms with Crippen LogP contribution in [0.1, 0.15) is 20.2 Å². The van der Waals surface area contributed by atoms with Gasteiger partial charge in [0.2, 0.25) is 0 Å². The van der Waals surface area contributed by atoms with Gasteiger partial charge < -0.3 is 0 Å². The number of Topliss-reactive ketones (excluding diaryl/α,β-unsaturated/α-hetero) is 1. The lowest BCUT2D eigenvalue weighted by atomic mass is 10.2. The van der Waals surface area contributed by atoms with Gasteiger partial charge in [0.25, 0.3) is 5.78 Å². The van der Waals surface area contributed by atoms with Gasteiger partial charge in [-0.1, -0.05) is 36.4 Å². The predicted molar refractivity (Wildman–Crippen MR) is 67.8 cm³/mol. The van der Waals surface area contributed by atoms with Crippen LogP contribution in [0.2, 0.25) is 0 Å². The number of nitrogens with zero attached hydrogens (tertiary/aromatic N) is 1. The minimum atomic E-state index is -3.00. The first-order valence-corrected chi connectivity index (χ1v) is 6.00. The highest BCUT2D eigenvalue weighted by Crippen LogP contribution is 2.18. The fraction of sp³-hybridized carbons (Fsp3) is 0.0769. The molecule has 5 heteroatoms. The standard InChI is InChI=1S/C13H9F2NOS/c14-12(15)11(17)13-16-8-10(18-13)7-6-9-4-2-1-3-5-9/h1-8,12H/b7-6+. The first kappa shape index (κ1) is 12.6. The van der Waals surface area contributed by atoms with E-state index in [1.807, 2.05) is 36.4 Å². The van der Waals surface area contributed by atoms with Crippen molar-refractivity contribution in [2.24, 2.45) is 0 Å². The zero-order chi connectivity index (χ0) is 13.0. The van der Waals surface area contributed by atoms with Gasteiger partial charge in [-0.2, -0.15) is 0 Å². The number of aromatic nitrogens is 1. The van der Waals surface area contributed by atoms with E-state index in [1.54, 1.807) is 6.08 Å². The van der Waals surface area contributed by atoms with Crippen molar-refractivity contribution in [2.75, 3.05) is 0 Å². The molecule has 0 aliphatic heterocycles. The highest BCUT2D eigenvalue weighted by molar-refractivity contribution is 7.14. The molecule has 2 nitrogen and oxygen atoms in total. The molecular weight excluding hydrogens is 256 g/mol. The maximum absolute atomic E-state index is 12.2. The second-order valence-corrected chi connectivity index (χ2v) is 4.54. The summed E-state index contributed by atoms with van der Waals surface area (Å²) in [4.78, 5) is 15.4. The number of carbonyl (C=O) groups is 1. The highest BCUT2D eigenvalue weighted by Gasteiger charge is 2.20. The second-order valence-electron chi connectivity index (χ2n) is 3.48. The molecule has 1 heterocycles. The van der Waals surface area contributed by atoms with Crippen LogP contribution in [0, 0.1) is 0 Å². The van der Waals surface area contributed by atoms with Gasteiger partial charge in [-0.25, -0.2) is 13.8 Å². The minimum Gasteiger partial charge on any atom is -0.285 e. The summed E-state index contributed by atoms with van der Waals surface area (Å²) in [5, 5.41) is -0.155. The van der Waals surface area contributed by atoms with Crippen LogP contribution >= 0.6 is 11.3 Å². The third-order valence-electron chi connectivity index (χ3n) is 2.17. The lowest BCUT2D eigenvalue weighted by molar-refractivity contribution is 0.0678. The molecule has 0 spiro atoms. The summed E-state index contributed by atoms with van der Waals surface area (Å²) in [5.74, 6) is -1.22. The van der Waals surface area contributed by atoms with Crippen molar-refractivity contribution in [3.63, 3.8) is 0 Å². The van der Waals surface area contributed by atoms with Crippen molar-refractivity contribution in [3.05, 3.63) is 52.0 Å². The first-order chi connectivity index (χ1) is 8.66. The molecular formula is C13H9F2NOS. The van der Waals surface area contributed by atoms with Crippen LogP contribution in [0.5, 0.6) is 0 Å². The zero-order valence-corrected chi connectivity index (χ0v) is 10.0. The van der Waals surface area contributed by atoms with E-state index in [9.17, 15) is 13.6 Å². The summed E-state index contributed by atoms with van der Waals surface area (Å²) in [6.07, 6.45) is 2.00. The average molecular weight is 265 g/mol. The number of halogens is 2. The molecule has 0 N–H and O–H groups in total. The smallest absolute Gasteiger partial charge is 0.285 e. The van der Waals surface area contributed by atoms with Crippen molar-refractivity contribution in [1.29, 1.82) is 0 Å². The van der Waals surface area contributed by atoms with Gasteiger partial charge in [0.05, 0.1) is 0 Å². The van der Waals surface area contributed by atoms with E-state index in [2.05, 4.69) is 4.98 Å². The van der Waals surface area contributed by atoms with Crippen LogP contribution in [-0.4, -0.2) is 17.2 Å². The number of alkyl halides is 2. The van der Waals surface area contributed by atoms with Gasteiger partial charge in [-0.3, -0.25) is 4.79 Å². The molecule has 0 atom stereocenters. The Morgan fingerprint density at radius 2 is 1.94 bits per heavy atom. The van der Waals surface area contributed by atoms with Crippen LogP contribution in [0.25, 0.3) is 12.2 Å². The fourth-order valence-electron chi connectivity index (χ4n) is 1.31. The van der Waals surface area contributed by atoms with Crippen LogP contribution in [0.3, 0.4) is 0 Å². The van der Waals surface area contributed by atoms with Gasteiger partial charge in [-0.15, -0.1) is 11.3 Å². The molecule has 0 saturated carbocycles. The summed E-state index contributed by atoms with van der Waals surface area (Å²) < 4.78 is 24.3. The van der Waals surface area contributed by atoms with E-state index in [-0.39, 0.29) is 5.01 Å². The van der Waals surface area contributed by atoms with Gasteiger partial charge in [0.1, 0.15) is 0 Å². The molecule has 1 aromatic carbocycles. The van der Waals surface area contributed by atoms with Crippen molar-refractivity contribution >= 4 is 29.3 Å². The molecule has 1 aromatic heterocycles. The molecule has 0 fully saturated rings. The molecule has 92 valence electrons. The molecule has 0 bridgehead atoms. The topological polar surface area (TPSA) is 30.0 Å². The number of hydrogen-bond donors (Lipinski definition) is 0. The largest absolute Gasteiger partial charge is 0.303 e. The zero-order valence-electron chi connectivity index (χ0n) is 9.22. The summed E-state index contributed by atoms with van der Waals surface area (Å²) in [6.45, 7) is 0. The SMILES string of the molecule is O=C(c1ncc(/C=C/c2ccccc2)s1)C(F)F. The monoisotopic (exact) mass is 265 g/mol. The van der Waals surface area contributed by atoms with Crippen molar-refractivity contribution in [1.82, 2.24) is 4.98 Å². The van der Waals surface area contributed by atoms with Gasteiger partial charge >= 0.3 is 6.43 Å². The molecule has 0 aliphatic carbocycles. The quantitative estimate of drug-likeness (QED) is 0.788. The second kappa shape index (κ2) is 5.64. The molecule has 0 aliphatic rings. The summed E-state index contributed by atoms with van der Waals surface area (Å²) >= 11 is 0.961. The predicted octanol–water partition coefficient (Wildman–Crippen LogP) is 3.76. The molecule has 0 saturated heterocycles. The molecule has 2 rings (SSSR count). The van der Waals surface area contributed by atoms with Gasteiger partial charge in [0, 0.05) is 11.1 Å². The summed E-state index contributed by atoms with van der Waals surface area (Å²) in [6, 6.07) is 9.55. The summed E-state index contributed by atoms with van der Waals surface area (Å²) in [7, 11) is 0. The number of benzene rings is 1. The van der Waals surface area contributed by atoms with Crippen LogP contribution < -0.4 is 0 Å². The lowest BCUT2D eigenvalue weighted by Gasteiger charge is -1.91. The molecule has 0 unspecified atom stereocenters. The Labute approximate surface area is 107 Å². The Morgan fingerprint density at radius 3 is 2.61 bits per heavy atom. The minimum absolute atomic E-state index is 0.155. The number of carbonyl (C=O) groups excluding carboxylic acids is 1. The molecule has 0 radical (unpaired) electrons. The van der Waals surface area contributed by atoms with E-state index >= 15 is 0 Å². The molecule has 0 amide bonds. The highest BCUT2D eigenvalue weighted by atomic mass is 32.1. The van der Waals surface area contributed by atoms with Crippen LogP contribution in [0.4, 0.5) is 8.78 Å². The summed E-state index contributed by atoms with van der Waals surface area (Å²) in [5.41, 5.74) is 0.993. The maximum atomic E-state index is 12.2. The number of rotatable bonds is 4. The van der Waals surface area contributed by atoms with Crippen molar-refractivity contribution in [3.8, 4) is 0 Å². The van der Waals surface area contributed by atoms with Crippen LogP contribution in [0.15, 0.2) is 36.5 Å². The fourth-order valence-corrected chi connectivity index (χ4v) is 2.07. The maximum Gasteiger partial charge on any atom is 0.303 e. The van der Waals surface area contributed by atoms with E-state index in [0.29, 0.717) is 4.88 Å². The van der Waals surface area contributed by atoms with Crippen LogP contribution in [-0.2, 0) is 0 Å². The Morgan fingerprint density at radius 1 is 1.22 bits per heavy atom. The lowest BCUT2D eigenvalue weighted by Crippen LogP contribution is -2.09. The Hall–Kier alpha value is -1.88. The van der Waals surface area contributed by atoms with Gasteiger partial charge in [0.15, 0.2) is 5.01 Å². The normalized spacial score (nSPS) is 11.3. The van der Waals surface area contributed by atoms with E-state index in [1.165, 1.54) is 6.20 Å². The first-order valence-electron chi connectivity index (χ1n) is 5.18. The molecule has 2 aromatic rings.